The lowest BCUT2D eigenvalue weighted by molar-refractivity contribution is 0.379. The third-order valence-corrected chi connectivity index (χ3v) is 7.70. The van der Waals surface area contributed by atoms with Crippen LogP contribution in [0.5, 0.6) is 5.75 Å². The number of methoxy groups -OCH3 is 1. The van der Waals surface area contributed by atoms with E-state index in [0.717, 1.165) is 9.87 Å². The SMILES string of the molecule is CCc1ccc(OC)c(S(=O)(=O)N(C)C2CCS(=O)(=O)C2)c1. The van der Waals surface area contributed by atoms with Gasteiger partial charge in [0, 0.05) is 13.1 Å². The van der Waals surface area contributed by atoms with Crippen molar-refractivity contribution in [3.05, 3.63) is 23.8 Å². The molecule has 0 bridgehead atoms. The highest BCUT2D eigenvalue weighted by molar-refractivity contribution is 7.92. The first-order valence-corrected chi connectivity index (χ1v) is 10.3. The molecule has 1 heterocycles. The lowest BCUT2D eigenvalue weighted by atomic mass is 10.2. The molecule has 0 saturated carbocycles. The van der Waals surface area contributed by atoms with E-state index in [9.17, 15) is 16.8 Å². The average molecular weight is 347 g/mol. The van der Waals surface area contributed by atoms with Gasteiger partial charge in [-0.1, -0.05) is 13.0 Å². The van der Waals surface area contributed by atoms with Gasteiger partial charge >= 0.3 is 0 Å². The van der Waals surface area contributed by atoms with Gasteiger partial charge in [0.15, 0.2) is 9.84 Å². The van der Waals surface area contributed by atoms with E-state index in [4.69, 9.17) is 4.74 Å². The Hall–Kier alpha value is -1.12. The van der Waals surface area contributed by atoms with E-state index in [0.29, 0.717) is 12.8 Å². The van der Waals surface area contributed by atoms with Crippen LogP contribution in [0.15, 0.2) is 23.1 Å². The van der Waals surface area contributed by atoms with Crippen molar-refractivity contribution < 1.29 is 21.6 Å². The summed E-state index contributed by atoms with van der Waals surface area (Å²) in [5, 5.41) is 0. The average Bonchev–Trinajstić information content (AvgIpc) is 2.85. The molecule has 6 nitrogen and oxygen atoms in total. The Labute approximate surface area is 132 Å². The molecule has 0 radical (unpaired) electrons. The number of benzene rings is 1. The molecule has 1 aromatic rings. The fourth-order valence-corrected chi connectivity index (χ4v) is 6.01. The minimum absolute atomic E-state index is 0.0314. The highest BCUT2D eigenvalue weighted by atomic mass is 32.2. The summed E-state index contributed by atoms with van der Waals surface area (Å²) in [6, 6.07) is 4.52. The molecular formula is C14H21NO5S2. The molecule has 124 valence electrons. The van der Waals surface area contributed by atoms with E-state index in [1.165, 1.54) is 14.2 Å². The molecule has 1 aliphatic heterocycles. The van der Waals surface area contributed by atoms with Gasteiger partial charge in [-0.25, -0.2) is 16.8 Å². The van der Waals surface area contributed by atoms with Crippen LogP contribution in [0, 0.1) is 0 Å². The Morgan fingerprint density at radius 3 is 2.55 bits per heavy atom. The van der Waals surface area contributed by atoms with E-state index in [1.807, 2.05) is 13.0 Å². The smallest absolute Gasteiger partial charge is 0.246 e. The number of ether oxygens (including phenoxy) is 1. The van der Waals surface area contributed by atoms with Gasteiger partial charge in [0.2, 0.25) is 10.0 Å². The van der Waals surface area contributed by atoms with Crippen LogP contribution in [0.25, 0.3) is 0 Å². The predicted molar refractivity (Wildman–Crippen MR) is 84.4 cm³/mol. The minimum Gasteiger partial charge on any atom is -0.495 e. The van der Waals surface area contributed by atoms with Crippen molar-refractivity contribution in [1.82, 2.24) is 4.31 Å². The van der Waals surface area contributed by atoms with Crippen molar-refractivity contribution in [2.75, 3.05) is 25.7 Å². The normalized spacial score (nSPS) is 21.2. The van der Waals surface area contributed by atoms with Gasteiger partial charge in [0.05, 0.1) is 18.6 Å². The number of sulfone groups is 1. The van der Waals surface area contributed by atoms with Crippen molar-refractivity contribution in [1.29, 1.82) is 0 Å². The van der Waals surface area contributed by atoms with Gasteiger partial charge in [-0.3, -0.25) is 0 Å². The quantitative estimate of drug-likeness (QED) is 0.796. The molecular weight excluding hydrogens is 326 g/mol. The highest BCUT2D eigenvalue weighted by Gasteiger charge is 2.37. The summed E-state index contributed by atoms with van der Waals surface area (Å²) in [5.41, 5.74) is 0.881. The van der Waals surface area contributed by atoms with Crippen LogP contribution in [0.2, 0.25) is 0 Å². The number of sulfonamides is 1. The van der Waals surface area contributed by atoms with Crippen LogP contribution >= 0.6 is 0 Å². The second kappa shape index (κ2) is 6.17. The summed E-state index contributed by atoms with van der Waals surface area (Å²) in [6.45, 7) is 1.94. The van der Waals surface area contributed by atoms with E-state index in [-0.39, 0.29) is 22.2 Å². The van der Waals surface area contributed by atoms with Gasteiger partial charge in [-0.15, -0.1) is 0 Å². The molecule has 1 aliphatic rings. The van der Waals surface area contributed by atoms with Crippen molar-refractivity contribution in [2.45, 2.75) is 30.7 Å². The molecule has 8 heteroatoms. The topological polar surface area (TPSA) is 80.8 Å². The van der Waals surface area contributed by atoms with E-state index >= 15 is 0 Å². The standard InChI is InChI=1S/C14H21NO5S2/c1-4-11-5-6-13(20-3)14(9-11)22(18,19)15(2)12-7-8-21(16,17)10-12/h5-6,9,12H,4,7-8,10H2,1-3H3. The Balaban J connectivity index is 2.42. The van der Waals surface area contributed by atoms with Gasteiger partial charge in [-0.05, 0) is 30.5 Å². The summed E-state index contributed by atoms with van der Waals surface area (Å²) in [6.07, 6.45) is 1.03. The Morgan fingerprint density at radius 1 is 1.36 bits per heavy atom. The largest absolute Gasteiger partial charge is 0.495 e. The second-order valence-corrected chi connectivity index (χ2v) is 9.61. The van der Waals surface area contributed by atoms with Crippen molar-refractivity contribution in [3.8, 4) is 5.75 Å². The van der Waals surface area contributed by atoms with E-state index < -0.39 is 25.9 Å². The van der Waals surface area contributed by atoms with Crippen LogP contribution in [0.4, 0.5) is 0 Å². The first-order valence-electron chi connectivity index (χ1n) is 7.06. The van der Waals surface area contributed by atoms with Gasteiger partial charge in [0.1, 0.15) is 10.6 Å². The maximum atomic E-state index is 12.8. The molecule has 0 amide bonds. The zero-order valence-corrected chi connectivity index (χ0v) is 14.6. The fourth-order valence-electron chi connectivity index (χ4n) is 2.56. The first-order chi connectivity index (χ1) is 10.2. The maximum Gasteiger partial charge on any atom is 0.246 e. The zero-order chi connectivity index (χ0) is 16.5. The number of hydrogen-bond donors (Lipinski definition) is 0. The first kappa shape index (κ1) is 17.2. The molecule has 1 atom stereocenters. The Morgan fingerprint density at radius 2 is 2.05 bits per heavy atom. The molecule has 0 aromatic heterocycles. The monoisotopic (exact) mass is 347 g/mol. The van der Waals surface area contributed by atoms with Crippen LogP contribution in [0.1, 0.15) is 18.9 Å². The lowest BCUT2D eigenvalue weighted by Crippen LogP contribution is -2.38. The molecule has 1 unspecified atom stereocenters. The van der Waals surface area contributed by atoms with E-state index in [2.05, 4.69) is 0 Å². The molecule has 1 saturated heterocycles. The van der Waals surface area contributed by atoms with Crippen molar-refractivity contribution in [2.24, 2.45) is 0 Å². The molecule has 0 N–H and O–H groups in total. The molecule has 1 aromatic carbocycles. The van der Waals surface area contributed by atoms with Crippen LogP contribution in [-0.4, -0.2) is 52.8 Å². The molecule has 2 rings (SSSR count). The second-order valence-electron chi connectivity index (χ2n) is 5.42. The highest BCUT2D eigenvalue weighted by Crippen LogP contribution is 2.30. The summed E-state index contributed by atoms with van der Waals surface area (Å²) < 4.78 is 55.2. The van der Waals surface area contributed by atoms with Crippen LogP contribution in [0.3, 0.4) is 0 Å². The minimum atomic E-state index is -3.80. The summed E-state index contributed by atoms with van der Waals surface area (Å²) in [4.78, 5) is 0.0844. The summed E-state index contributed by atoms with van der Waals surface area (Å²) in [7, 11) is -4.11. The Kier molecular flexibility index (Phi) is 4.84. The maximum absolute atomic E-state index is 12.8. The van der Waals surface area contributed by atoms with E-state index in [1.54, 1.807) is 12.1 Å². The Bertz CT molecular complexity index is 755. The number of rotatable bonds is 5. The van der Waals surface area contributed by atoms with Gasteiger partial charge in [0.25, 0.3) is 0 Å². The van der Waals surface area contributed by atoms with Crippen molar-refractivity contribution >= 4 is 19.9 Å². The number of aryl methyl sites for hydroxylation is 1. The third kappa shape index (κ3) is 3.28. The molecule has 0 aliphatic carbocycles. The van der Waals surface area contributed by atoms with Gasteiger partial charge < -0.3 is 4.74 Å². The summed E-state index contributed by atoms with van der Waals surface area (Å²) in [5.74, 6) is 0.173. The number of nitrogens with zero attached hydrogens (tertiary/aromatic N) is 1. The fraction of sp³-hybridized carbons (Fsp3) is 0.571. The van der Waals surface area contributed by atoms with Gasteiger partial charge in [-0.2, -0.15) is 4.31 Å². The van der Waals surface area contributed by atoms with Crippen LogP contribution in [-0.2, 0) is 26.3 Å². The molecule has 22 heavy (non-hydrogen) atoms. The number of hydrogen-bond acceptors (Lipinski definition) is 5. The molecule has 1 fully saturated rings. The zero-order valence-electron chi connectivity index (χ0n) is 12.9. The van der Waals surface area contributed by atoms with Crippen LogP contribution < -0.4 is 4.74 Å². The lowest BCUT2D eigenvalue weighted by Gasteiger charge is -2.24. The van der Waals surface area contributed by atoms with Crippen molar-refractivity contribution in [3.63, 3.8) is 0 Å². The molecule has 0 spiro atoms. The predicted octanol–water partition coefficient (Wildman–Crippen LogP) is 1.07. The third-order valence-electron chi connectivity index (χ3n) is 4.02. The summed E-state index contributed by atoms with van der Waals surface area (Å²) >= 11 is 0.